The lowest BCUT2D eigenvalue weighted by molar-refractivity contribution is -0.122. The van der Waals surface area contributed by atoms with Gasteiger partial charge in [-0.2, -0.15) is 5.10 Å². The summed E-state index contributed by atoms with van der Waals surface area (Å²) in [6, 6.07) is 10.8. The zero-order valence-corrected chi connectivity index (χ0v) is 15.5. The maximum atomic E-state index is 12.2. The Morgan fingerprint density at radius 2 is 1.92 bits per heavy atom. The van der Waals surface area contributed by atoms with E-state index in [0.717, 1.165) is 18.4 Å². The van der Waals surface area contributed by atoms with Gasteiger partial charge in [0.15, 0.2) is 0 Å². The van der Waals surface area contributed by atoms with Gasteiger partial charge in [-0.1, -0.05) is 49.4 Å². The highest BCUT2D eigenvalue weighted by molar-refractivity contribution is 6.30. The molecule has 1 amide bonds. The minimum absolute atomic E-state index is 0.0150. The fraction of sp³-hybridized carbons (Fsp3) is 0.450. The van der Waals surface area contributed by atoms with Gasteiger partial charge in [-0.25, -0.2) is 4.68 Å². The summed E-state index contributed by atoms with van der Waals surface area (Å²) in [5.41, 5.74) is 1.29. The van der Waals surface area contributed by atoms with Crippen LogP contribution < -0.4 is 10.9 Å². The second-order valence-corrected chi connectivity index (χ2v) is 7.23. The van der Waals surface area contributed by atoms with Crippen molar-refractivity contribution in [3.8, 4) is 11.3 Å². The average Bonchev–Trinajstić information content (AvgIpc) is 2.89. The number of rotatable bonds is 5. The topological polar surface area (TPSA) is 64.0 Å². The van der Waals surface area contributed by atoms with E-state index in [1.54, 1.807) is 18.2 Å². The summed E-state index contributed by atoms with van der Waals surface area (Å²) in [4.78, 5) is 24.3. The van der Waals surface area contributed by atoms with Crippen molar-refractivity contribution >= 4 is 17.5 Å². The molecule has 1 aromatic heterocycles. The van der Waals surface area contributed by atoms with Crippen LogP contribution in [0.4, 0.5) is 0 Å². The smallest absolute Gasteiger partial charge is 0.266 e. The van der Waals surface area contributed by atoms with Crippen molar-refractivity contribution in [1.82, 2.24) is 15.1 Å². The van der Waals surface area contributed by atoms with Crippen molar-refractivity contribution < 1.29 is 4.79 Å². The molecule has 1 fully saturated rings. The number of aryl methyl sites for hydroxylation is 1. The predicted octanol–water partition coefficient (Wildman–Crippen LogP) is 3.79. The summed E-state index contributed by atoms with van der Waals surface area (Å²) < 4.78 is 1.35. The van der Waals surface area contributed by atoms with Crippen molar-refractivity contribution in [2.45, 2.75) is 57.5 Å². The Kier molecular flexibility index (Phi) is 6.45. The van der Waals surface area contributed by atoms with Crippen molar-refractivity contribution in [3.05, 3.63) is 51.8 Å². The van der Waals surface area contributed by atoms with Gasteiger partial charge >= 0.3 is 0 Å². The molecule has 1 saturated carbocycles. The van der Waals surface area contributed by atoms with E-state index in [1.807, 2.05) is 12.1 Å². The molecular weight excluding hydrogens is 350 g/mol. The number of aromatic nitrogens is 2. The summed E-state index contributed by atoms with van der Waals surface area (Å²) in [5, 5.41) is 8.10. The van der Waals surface area contributed by atoms with Gasteiger partial charge in [-0.15, -0.1) is 0 Å². The molecule has 2 aromatic rings. The Morgan fingerprint density at radius 1 is 1.15 bits per heavy atom. The average molecular weight is 374 g/mol. The first kappa shape index (κ1) is 18.6. The molecule has 1 heterocycles. The number of nitrogens with zero attached hydrogens (tertiary/aromatic N) is 2. The quantitative estimate of drug-likeness (QED) is 0.811. The molecule has 6 heteroatoms. The van der Waals surface area contributed by atoms with E-state index in [0.29, 0.717) is 10.7 Å². The van der Waals surface area contributed by atoms with Gasteiger partial charge < -0.3 is 5.32 Å². The number of nitrogens with one attached hydrogen (secondary N) is 1. The maximum absolute atomic E-state index is 12.2. The molecule has 138 valence electrons. The fourth-order valence-electron chi connectivity index (χ4n) is 3.34. The summed E-state index contributed by atoms with van der Waals surface area (Å²) in [6.07, 6.45) is 7.20. The number of carbonyl (C=O) groups is 1. The molecule has 26 heavy (non-hydrogen) atoms. The van der Waals surface area contributed by atoms with Gasteiger partial charge in [0.1, 0.15) is 0 Å². The van der Waals surface area contributed by atoms with Crippen LogP contribution >= 0.6 is 11.6 Å². The number of carbonyl (C=O) groups excluding carboxylic acids is 1. The van der Waals surface area contributed by atoms with E-state index in [4.69, 9.17) is 11.6 Å². The number of halogens is 1. The molecule has 1 N–H and O–H groups in total. The molecule has 1 aromatic carbocycles. The summed E-state index contributed by atoms with van der Waals surface area (Å²) >= 11 is 6.02. The molecule has 1 aliphatic carbocycles. The Bertz CT molecular complexity index is 811. The van der Waals surface area contributed by atoms with Crippen LogP contribution in [-0.4, -0.2) is 21.7 Å². The highest BCUT2D eigenvalue weighted by atomic mass is 35.5. The summed E-state index contributed by atoms with van der Waals surface area (Å²) in [7, 11) is 0. The molecule has 5 nitrogen and oxygen atoms in total. The normalized spacial score (nSPS) is 15.4. The van der Waals surface area contributed by atoms with Crippen LogP contribution in [0.1, 0.15) is 44.9 Å². The molecule has 0 unspecified atom stereocenters. The van der Waals surface area contributed by atoms with Crippen LogP contribution in [0.25, 0.3) is 11.3 Å². The molecule has 0 aliphatic heterocycles. The molecule has 0 atom stereocenters. The highest BCUT2D eigenvalue weighted by Gasteiger charge is 2.15. The maximum Gasteiger partial charge on any atom is 0.266 e. The zero-order chi connectivity index (χ0) is 18.4. The van der Waals surface area contributed by atoms with E-state index in [2.05, 4.69) is 10.4 Å². The lowest BCUT2D eigenvalue weighted by Gasteiger charge is -2.16. The second-order valence-electron chi connectivity index (χ2n) is 6.80. The van der Waals surface area contributed by atoms with Gasteiger partial charge in [-0.3, -0.25) is 9.59 Å². The first-order valence-electron chi connectivity index (χ1n) is 9.25. The summed E-state index contributed by atoms with van der Waals surface area (Å²) in [6.45, 7) is 0.270. The van der Waals surface area contributed by atoms with Crippen LogP contribution in [-0.2, 0) is 11.3 Å². The molecule has 1 aliphatic rings. The van der Waals surface area contributed by atoms with Gasteiger partial charge in [-0.05, 0) is 31.0 Å². The van der Waals surface area contributed by atoms with Crippen molar-refractivity contribution in [1.29, 1.82) is 0 Å². The summed E-state index contributed by atoms with van der Waals surface area (Å²) in [5.74, 6) is -0.0150. The van der Waals surface area contributed by atoms with E-state index in [-0.39, 0.29) is 30.5 Å². The monoisotopic (exact) mass is 373 g/mol. The zero-order valence-electron chi connectivity index (χ0n) is 14.8. The van der Waals surface area contributed by atoms with Crippen LogP contribution in [0, 0.1) is 0 Å². The first-order valence-corrected chi connectivity index (χ1v) is 9.63. The van der Waals surface area contributed by atoms with E-state index >= 15 is 0 Å². The molecule has 3 rings (SSSR count). The largest absolute Gasteiger partial charge is 0.353 e. The molecule has 0 saturated heterocycles. The van der Waals surface area contributed by atoms with E-state index in [1.165, 1.54) is 36.4 Å². The molecule has 0 radical (unpaired) electrons. The fourth-order valence-corrected chi connectivity index (χ4v) is 3.53. The van der Waals surface area contributed by atoms with Crippen LogP contribution in [0.5, 0.6) is 0 Å². The van der Waals surface area contributed by atoms with Gasteiger partial charge in [0.25, 0.3) is 5.56 Å². The Balaban J connectivity index is 1.63. The van der Waals surface area contributed by atoms with Crippen LogP contribution in [0.3, 0.4) is 0 Å². The number of hydrogen-bond acceptors (Lipinski definition) is 3. The van der Waals surface area contributed by atoms with Crippen LogP contribution in [0.15, 0.2) is 41.2 Å². The van der Waals surface area contributed by atoms with Gasteiger partial charge in [0.2, 0.25) is 5.91 Å². The van der Waals surface area contributed by atoms with Crippen molar-refractivity contribution in [2.75, 3.05) is 0 Å². The predicted molar refractivity (Wildman–Crippen MR) is 103 cm³/mol. The standard InChI is InChI=1S/C20H24ClN3O2/c21-16-7-5-6-15(14-16)18-10-11-20(26)24(23-18)13-12-19(25)22-17-8-3-1-2-4-9-17/h5-7,10-11,14,17H,1-4,8-9,12-13H2,(H,22,25). The minimum Gasteiger partial charge on any atom is -0.353 e. The molecule has 0 bridgehead atoms. The Morgan fingerprint density at radius 3 is 2.65 bits per heavy atom. The molecule has 0 spiro atoms. The highest BCUT2D eigenvalue weighted by Crippen LogP contribution is 2.20. The van der Waals surface area contributed by atoms with Gasteiger partial charge in [0.05, 0.1) is 12.2 Å². The van der Waals surface area contributed by atoms with Crippen molar-refractivity contribution in [3.63, 3.8) is 0 Å². The Labute approximate surface area is 158 Å². The van der Waals surface area contributed by atoms with E-state index < -0.39 is 0 Å². The van der Waals surface area contributed by atoms with E-state index in [9.17, 15) is 9.59 Å². The molecular formula is C20H24ClN3O2. The third-order valence-corrected chi connectivity index (χ3v) is 4.99. The van der Waals surface area contributed by atoms with Gasteiger partial charge in [0, 0.05) is 29.1 Å². The SMILES string of the molecule is O=C(CCn1nc(-c2cccc(Cl)c2)ccc1=O)NC1CCCCCC1. The van der Waals surface area contributed by atoms with Crippen molar-refractivity contribution in [2.24, 2.45) is 0 Å². The number of amides is 1. The lowest BCUT2D eigenvalue weighted by Crippen LogP contribution is -2.35. The number of hydrogen-bond donors (Lipinski definition) is 1. The van der Waals surface area contributed by atoms with Crippen LogP contribution in [0.2, 0.25) is 5.02 Å². The third-order valence-electron chi connectivity index (χ3n) is 4.76. The second kappa shape index (κ2) is 8.99. The first-order chi connectivity index (χ1) is 12.6. The Hall–Kier alpha value is -2.14. The lowest BCUT2D eigenvalue weighted by atomic mass is 10.1. The number of benzene rings is 1. The third kappa shape index (κ3) is 5.18. The minimum atomic E-state index is -0.210.